The zero-order valence-corrected chi connectivity index (χ0v) is 19.8. The van der Waals surface area contributed by atoms with Gasteiger partial charge in [-0.3, -0.25) is 0 Å². The van der Waals surface area contributed by atoms with Crippen LogP contribution in [0.2, 0.25) is 5.02 Å². The number of hydrogen-bond acceptors (Lipinski definition) is 5. The van der Waals surface area contributed by atoms with Crippen molar-refractivity contribution in [3.63, 3.8) is 0 Å². The third kappa shape index (κ3) is 4.10. The minimum absolute atomic E-state index is 0.505. The van der Waals surface area contributed by atoms with Crippen LogP contribution in [-0.4, -0.2) is 10.1 Å². The number of halogens is 1. The van der Waals surface area contributed by atoms with Gasteiger partial charge in [0.05, 0.1) is 16.7 Å². The monoisotopic (exact) mass is 489 g/mol. The first kappa shape index (κ1) is 21.3. The molecule has 4 nitrogen and oxygen atoms in total. The van der Waals surface area contributed by atoms with E-state index < -0.39 is 0 Å². The second-order valence-electron chi connectivity index (χ2n) is 8.06. The van der Waals surface area contributed by atoms with Gasteiger partial charge in [-0.2, -0.15) is 5.26 Å². The summed E-state index contributed by atoms with van der Waals surface area (Å²) in [5, 5.41) is 20.6. The predicted octanol–water partition coefficient (Wildman–Crippen LogP) is 8.49. The van der Waals surface area contributed by atoms with Gasteiger partial charge in [-0.15, -0.1) is 11.3 Å². The van der Waals surface area contributed by atoms with E-state index >= 15 is 0 Å². The van der Waals surface area contributed by atoms with E-state index in [1.807, 2.05) is 66.1 Å². The van der Waals surface area contributed by atoms with Gasteiger partial charge < -0.3 is 4.52 Å². The van der Waals surface area contributed by atoms with Gasteiger partial charge in [-0.25, -0.2) is 4.98 Å². The molecule has 0 aliphatic rings. The molecule has 0 bridgehead atoms. The molecule has 0 saturated carbocycles. The van der Waals surface area contributed by atoms with Crippen molar-refractivity contribution in [3.05, 3.63) is 106 Å². The fourth-order valence-corrected chi connectivity index (χ4v) is 4.97. The highest BCUT2D eigenvalue weighted by molar-refractivity contribution is 7.11. The van der Waals surface area contributed by atoms with Crippen molar-refractivity contribution < 1.29 is 4.52 Å². The molecule has 0 radical (unpaired) electrons. The van der Waals surface area contributed by atoms with Gasteiger partial charge in [-0.1, -0.05) is 59.2 Å². The average molecular weight is 490 g/mol. The number of hydrogen-bond donors (Lipinski definition) is 0. The van der Waals surface area contributed by atoms with Crippen molar-refractivity contribution >= 4 is 56.3 Å². The summed E-state index contributed by atoms with van der Waals surface area (Å²) in [7, 11) is 0. The summed E-state index contributed by atoms with van der Waals surface area (Å²) >= 11 is 7.49. The highest BCUT2D eigenvalue weighted by Crippen LogP contribution is 2.32. The largest absolute Gasteiger partial charge is 0.355 e. The van der Waals surface area contributed by atoms with Crippen molar-refractivity contribution in [2.45, 2.75) is 0 Å². The molecule has 6 heteroatoms. The van der Waals surface area contributed by atoms with Gasteiger partial charge in [0.1, 0.15) is 16.6 Å². The van der Waals surface area contributed by atoms with Crippen molar-refractivity contribution in [2.75, 3.05) is 0 Å². The van der Waals surface area contributed by atoms with E-state index in [-0.39, 0.29) is 0 Å². The summed E-state index contributed by atoms with van der Waals surface area (Å²) in [6, 6.07) is 30.1. The highest BCUT2D eigenvalue weighted by Gasteiger charge is 2.13. The fourth-order valence-electron chi connectivity index (χ4n) is 4.05. The van der Waals surface area contributed by atoms with Crippen LogP contribution in [-0.2, 0) is 0 Å². The number of nitriles is 1. The van der Waals surface area contributed by atoms with E-state index in [0.29, 0.717) is 21.4 Å². The molecule has 0 atom stereocenters. The van der Waals surface area contributed by atoms with Crippen LogP contribution in [0.3, 0.4) is 0 Å². The summed E-state index contributed by atoms with van der Waals surface area (Å²) in [6.45, 7) is 0. The molecule has 35 heavy (non-hydrogen) atoms. The van der Waals surface area contributed by atoms with Gasteiger partial charge in [0.2, 0.25) is 0 Å². The van der Waals surface area contributed by atoms with Gasteiger partial charge in [0.15, 0.2) is 5.76 Å². The van der Waals surface area contributed by atoms with E-state index in [9.17, 15) is 5.26 Å². The molecule has 4 aromatic carbocycles. The van der Waals surface area contributed by atoms with E-state index in [4.69, 9.17) is 21.1 Å². The van der Waals surface area contributed by atoms with Crippen molar-refractivity contribution in [3.8, 4) is 28.7 Å². The Morgan fingerprint density at radius 3 is 2.54 bits per heavy atom. The van der Waals surface area contributed by atoms with E-state index in [0.717, 1.165) is 38.7 Å². The Kier molecular flexibility index (Phi) is 5.38. The van der Waals surface area contributed by atoms with Crippen molar-refractivity contribution in [2.24, 2.45) is 0 Å². The molecule has 0 amide bonds. The number of aromatic nitrogens is 2. The molecular weight excluding hydrogens is 474 g/mol. The van der Waals surface area contributed by atoms with Crippen molar-refractivity contribution in [1.29, 1.82) is 5.26 Å². The van der Waals surface area contributed by atoms with Crippen LogP contribution < -0.4 is 0 Å². The minimum atomic E-state index is 0.505. The molecular formula is C29H16ClN3OS. The van der Waals surface area contributed by atoms with E-state index in [1.54, 1.807) is 0 Å². The maximum Gasteiger partial charge on any atom is 0.174 e. The third-order valence-corrected chi connectivity index (χ3v) is 6.95. The number of fused-ring (bicyclic) bond motifs is 2. The topological polar surface area (TPSA) is 62.7 Å². The van der Waals surface area contributed by atoms with Crippen LogP contribution in [0, 0.1) is 11.3 Å². The van der Waals surface area contributed by atoms with Crippen LogP contribution in [0.5, 0.6) is 0 Å². The van der Waals surface area contributed by atoms with Crippen LogP contribution in [0.1, 0.15) is 10.6 Å². The van der Waals surface area contributed by atoms with Crippen LogP contribution in [0.15, 0.2) is 94.8 Å². The zero-order chi connectivity index (χ0) is 23.8. The molecule has 0 aliphatic carbocycles. The second kappa shape index (κ2) is 8.84. The summed E-state index contributed by atoms with van der Waals surface area (Å²) in [4.78, 5) is 4.76. The average Bonchev–Trinajstić information content (AvgIpc) is 3.55. The van der Waals surface area contributed by atoms with Crippen LogP contribution >= 0.6 is 22.9 Å². The fraction of sp³-hybridized carbons (Fsp3) is 0. The number of nitrogens with zero attached hydrogens (tertiary/aromatic N) is 3. The molecule has 6 rings (SSSR count). The third-order valence-electron chi connectivity index (χ3n) is 5.82. The molecule has 2 heterocycles. The zero-order valence-electron chi connectivity index (χ0n) is 18.3. The van der Waals surface area contributed by atoms with Crippen LogP contribution in [0.4, 0.5) is 0 Å². The van der Waals surface area contributed by atoms with E-state index in [1.165, 1.54) is 16.7 Å². The molecule has 0 saturated heterocycles. The summed E-state index contributed by atoms with van der Waals surface area (Å²) in [5.41, 5.74) is 4.90. The molecule has 2 aromatic heterocycles. The Hall–Kier alpha value is -4.24. The molecule has 0 aliphatic heterocycles. The lowest BCUT2D eigenvalue weighted by Crippen LogP contribution is -1.84. The number of allylic oxidation sites excluding steroid dienone is 1. The lowest BCUT2D eigenvalue weighted by Gasteiger charge is -2.01. The first-order valence-electron chi connectivity index (χ1n) is 10.9. The Morgan fingerprint density at radius 1 is 0.914 bits per heavy atom. The Labute approximate surface area is 210 Å². The summed E-state index contributed by atoms with van der Waals surface area (Å²) in [6.07, 6.45) is 1.85. The molecule has 0 N–H and O–H groups in total. The van der Waals surface area contributed by atoms with Gasteiger partial charge in [-0.05, 0) is 64.9 Å². The molecule has 0 spiro atoms. The smallest absolute Gasteiger partial charge is 0.174 e. The SMILES string of the molecule is N#C/C(=C\c1ccc2noc(-c3ccc(Cl)cc3)c2c1)c1nc(-c2ccc3ccccc3c2)cs1. The Bertz CT molecular complexity index is 1770. The lowest BCUT2D eigenvalue weighted by atomic mass is 10.0. The first-order chi connectivity index (χ1) is 17.2. The molecule has 0 fully saturated rings. The first-order valence-corrected chi connectivity index (χ1v) is 12.2. The van der Waals surface area contributed by atoms with Crippen LogP contribution in [0.25, 0.3) is 55.9 Å². The second-order valence-corrected chi connectivity index (χ2v) is 9.36. The Morgan fingerprint density at radius 2 is 1.71 bits per heavy atom. The van der Waals surface area contributed by atoms with Gasteiger partial charge in [0.25, 0.3) is 0 Å². The number of rotatable bonds is 4. The van der Waals surface area contributed by atoms with Crippen molar-refractivity contribution in [1.82, 2.24) is 10.1 Å². The maximum absolute atomic E-state index is 9.90. The number of thiazole rings is 1. The normalized spacial score (nSPS) is 11.7. The summed E-state index contributed by atoms with van der Waals surface area (Å²) < 4.78 is 5.61. The van der Waals surface area contributed by atoms with Gasteiger partial charge in [0, 0.05) is 21.5 Å². The van der Waals surface area contributed by atoms with E-state index in [2.05, 4.69) is 41.6 Å². The highest BCUT2D eigenvalue weighted by atomic mass is 35.5. The standard InChI is InChI=1S/C29H16ClN3OS/c30-24-10-8-20(9-11-24)28-25-14-18(5-12-26(25)33-34-28)13-23(16-31)29-32-27(17-35-29)22-7-6-19-3-1-2-4-21(19)15-22/h1-15,17H/b23-13+. The van der Waals surface area contributed by atoms with Gasteiger partial charge >= 0.3 is 0 Å². The molecule has 6 aromatic rings. The molecule has 166 valence electrons. The summed E-state index contributed by atoms with van der Waals surface area (Å²) in [5.74, 6) is 0.665. The quantitative estimate of drug-likeness (QED) is 0.233. The lowest BCUT2D eigenvalue weighted by molar-refractivity contribution is 0.441. The molecule has 0 unspecified atom stereocenters. The predicted molar refractivity (Wildman–Crippen MR) is 143 cm³/mol. The number of benzene rings is 4. The minimum Gasteiger partial charge on any atom is -0.355 e. The Balaban J connectivity index is 1.36. The maximum atomic E-state index is 9.90.